The zero-order chi connectivity index (χ0) is 21.1. The molecule has 0 bridgehead atoms. The van der Waals surface area contributed by atoms with Crippen LogP contribution >= 0.6 is 46.3 Å². The fourth-order valence-electron chi connectivity index (χ4n) is 3.87. The lowest BCUT2D eigenvalue weighted by Gasteiger charge is -2.39. The number of carbonyl (C=O) groups excluding carboxylic acids is 2. The molecule has 0 aliphatic carbocycles. The number of rotatable bonds is 5. The molecule has 30 heavy (non-hydrogen) atoms. The summed E-state index contributed by atoms with van der Waals surface area (Å²) in [5.41, 5.74) is 0.967. The maximum absolute atomic E-state index is 12.6. The molecule has 1 aromatic heterocycles. The van der Waals surface area contributed by atoms with Gasteiger partial charge in [0.1, 0.15) is 0 Å². The molecule has 2 aliphatic heterocycles. The van der Waals surface area contributed by atoms with Gasteiger partial charge in [-0.2, -0.15) is 0 Å². The van der Waals surface area contributed by atoms with Crippen LogP contribution in [-0.4, -0.2) is 53.0 Å². The number of carbonyl (C=O) groups is 2. The van der Waals surface area contributed by atoms with E-state index in [2.05, 4.69) is 10.6 Å². The Hall–Kier alpha value is -1.25. The number of hydrogen-bond donors (Lipinski definition) is 2. The van der Waals surface area contributed by atoms with Crippen molar-refractivity contribution in [2.24, 2.45) is 0 Å². The second kappa shape index (κ2) is 9.49. The molecule has 2 amide bonds. The Morgan fingerprint density at radius 3 is 2.73 bits per heavy atom. The number of likely N-dealkylation sites (tertiary alicyclic amines) is 1. The number of piperidine rings is 1. The standard InChI is InChI=1S/C21H23Cl2N3O2S2/c22-15-4-3-14(16(23)12-15)5-8-24-19(27)17-13-30-21(25-17)6-9-26(10-7-21)20(28)18-2-1-11-29-18/h1-4,11-12,17,25H,5-10,13H2,(H,24,27). The van der Waals surface area contributed by atoms with Crippen molar-refractivity contribution >= 4 is 58.1 Å². The van der Waals surface area contributed by atoms with Gasteiger partial charge < -0.3 is 10.2 Å². The highest BCUT2D eigenvalue weighted by Gasteiger charge is 2.44. The molecular formula is C21H23Cl2N3O2S2. The lowest BCUT2D eigenvalue weighted by Crippen LogP contribution is -2.54. The lowest BCUT2D eigenvalue weighted by molar-refractivity contribution is -0.122. The monoisotopic (exact) mass is 483 g/mol. The van der Waals surface area contributed by atoms with E-state index in [0.717, 1.165) is 29.0 Å². The van der Waals surface area contributed by atoms with Gasteiger partial charge in [0.15, 0.2) is 0 Å². The number of hydrogen-bond acceptors (Lipinski definition) is 5. The normalized spacial score (nSPS) is 20.5. The van der Waals surface area contributed by atoms with E-state index in [4.69, 9.17) is 23.2 Å². The molecule has 5 nitrogen and oxygen atoms in total. The van der Waals surface area contributed by atoms with Crippen LogP contribution in [0.4, 0.5) is 0 Å². The molecule has 3 heterocycles. The van der Waals surface area contributed by atoms with Gasteiger partial charge in [-0.25, -0.2) is 0 Å². The van der Waals surface area contributed by atoms with E-state index in [0.29, 0.717) is 36.1 Å². The Balaban J connectivity index is 1.24. The molecule has 2 aliphatic rings. The van der Waals surface area contributed by atoms with E-state index >= 15 is 0 Å². The van der Waals surface area contributed by atoms with Crippen LogP contribution in [0.15, 0.2) is 35.7 Å². The first-order chi connectivity index (χ1) is 14.5. The van der Waals surface area contributed by atoms with E-state index in [9.17, 15) is 9.59 Å². The largest absolute Gasteiger partial charge is 0.354 e. The number of thioether (sulfide) groups is 1. The highest BCUT2D eigenvalue weighted by atomic mass is 35.5. The smallest absolute Gasteiger partial charge is 0.263 e. The van der Waals surface area contributed by atoms with Crippen molar-refractivity contribution in [3.05, 3.63) is 56.2 Å². The van der Waals surface area contributed by atoms with Gasteiger partial charge in [0, 0.05) is 35.4 Å². The van der Waals surface area contributed by atoms with E-state index in [1.54, 1.807) is 23.9 Å². The van der Waals surface area contributed by atoms with Gasteiger partial charge in [-0.15, -0.1) is 23.1 Å². The van der Waals surface area contributed by atoms with Crippen LogP contribution < -0.4 is 10.6 Å². The van der Waals surface area contributed by atoms with E-state index in [1.165, 1.54) is 11.3 Å². The SMILES string of the molecule is O=C(NCCc1ccc(Cl)cc1Cl)C1CSC2(CCN(C(=O)c3cccs3)CC2)N1. The summed E-state index contributed by atoms with van der Waals surface area (Å²) in [6, 6.07) is 8.98. The molecule has 2 N–H and O–H groups in total. The quantitative estimate of drug-likeness (QED) is 0.673. The van der Waals surface area contributed by atoms with Gasteiger partial charge in [-0.05, 0) is 48.4 Å². The van der Waals surface area contributed by atoms with Crippen molar-refractivity contribution in [3.63, 3.8) is 0 Å². The van der Waals surface area contributed by atoms with Gasteiger partial charge in [0.05, 0.1) is 15.8 Å². The molecule has 1 atom stereocenters. The number of thiophene rings is 1. The minimum atomic E-state index is -0.213. The summed E-state index contributed by atoms with van der Waals surface area (Å²) in [4.78, 5) is 27.8. The molecule has 160 valence electrons. The topological polar surface area (TPSA) is 61.4 Å². The van der Waals surface area contributed by atoms with Gasteiger partial charge in [0.25, 0.3) is 5.91 Å². The second-order valence-electron chi connectivity index (χ2n) is 7.55. The zero-order valence-electron chi connectivity index (χ0n) is 16.3. The van der Waals surface area contributed by atoms with Crippen molar-refractivity contribution < 1.29 is 9.59 Å². The molecule has 1 spiro atoms. The maximum atomic E-state index is 12.6. The molecule has 2 saturated heterocycles. The lowest BCUT2D eigenvalue weighted by atomic mass is 10.0. The molecule has 0 saturated carbocycles. The van der Waals surface area contributed by atoms with Crippen LogP contribution in [0, 0.1) is 0 Å². The first kappa shape index (κ1) is 22.0. The van der Waals surface area contributed by atoms with Crippen LogP contribution in [0.25, 0.3) is 0 Å². The third-order valence-electron chi connectivity index (χ3n) is 5.58. The molecule has 9 heteroatoms. The average molecular weight is 484 g/mol. The predicted octanol–water partition coefficient (Wildman–Crippen LogP) is 4.05. The van der Waals surface area contributed by atoms with Gasteiger partial charge in [-0.3, -0.25) is 14.9 Å². The molecule has 0 radical (unpaired) electrons. The number of nitrogens with zero attached hydrogens (tertiary/aromatic N) is 1. The molecular weight excluding hydrogens is 461 g/mol. The van der Waals surface area contributed by atoms with E-state index < -0.39 is 0 Å². The van der Waals surface area contributed by atoms with Crippen LogP contribution in [-0.2, 0) is 11.2 Å². The Kier molecular flexibility index (Phi) is 6.95. The fraction of sp³-hybridized carbons (Fsp3) is 0.429. The summed E-state index contributed by atoms with van der Waals surface area (Å²) in [6.07, 6.45) is 2.35. The minimum absolute atomic E-state index is 0.0153. The Bertz CT molecular complexity index is 915. The molecule has 4 rings (SSSR count). The average Bonchev–Trinajstić information content (AvgIpc) is 3.40. The number of halogens is 2. The molecule has 1 aromatic carbocycles. The van der Waals surface area contributed by atoms with Crippen molar-refractivity contribution in [3.8, 4) is 0 Å². The van der Waals surface area contributed by atoms with Crippen molar-refractivity contribution in [1.82, 2.24) is 15.5 Å². The summed E-state index contributed by atoms with van der Waals surface area (Å²) >= 11 is 15.4. The first-order valence-corrected chi connectivity index (χ1v) is 12.5. The summed E-state index contributed by atoms with van der Waals surface area (Å²) in [5.74, 6) is 0.867. The van der Waals surface area contributed by atoms with Gasteiger partial charge in [0.2, 0.25) is 5.91 Å². The highest BCUT2D eigenvalue weighted by Crippen LogP contribution is 2.39. The number of nitrogens with one attached hydrogen (secondary N) is 2. The number of benzene rings is 1. The molecule has 1 unspecified atom stereocenters. The Morgan fingerprint density at radius 1 is 1.23 bits per heavy atom. The van der Waals surface area contributed by atoms with Crippen molar-refractivity contribution in [2.75, 3.05) is 25.4 Å². The Morgan fingerprint density at radius 2 is 2.03 bits per heavy atom. The van der Waals surface area contributed by atoms with Crippen LogP contribution in [0.3, 0.4) is 0 Å². The van der Waals surface area contributed by atoms with Gasteiger partial charge in [-0.1, -0.05) is 35.3 Å². The summed E-state index contributed by atoms with van der Waals surface area (Å²) in [6.45, 7) is 1.94. The van der Waals surface area contributed by atoms with Crippen LogP contribution in [0.5, 0.6) is 0 Å². The third kappa shape index (κ3) is 4.97. The van der Waals surface area contributed by atoms with Crippen molar-refractivity contribution in [2.45, 2.75) is 30.2 Å². The minimum Gasteiger partial charge on any atom is -0.354 e. The van der Waals surface area contributed by atoms with E-state index in [1.807, 2.05) is 28.5 Å². The van der Waals surface area contributed by atoms with Crippen LogP contribution in [0.1, 0.15) is 28.1 Å². The predicted molar refractivity (Wildman–Crippen MR) is 125 cm³/mol. The summed E-state index contributed by atoms with van der Waals surface area (Å²) in [5, 5.41) is 9.71. The Labute approximate surface area is 194 Å². The molecule has 2 aromatic rings. The second-order valence-corrected chi connectivity index (χ2v) is 10.7. The number of amides is 2. The molecule has 2 fully saturated rings. The van der Waals surface area contributed by atoms with Crippen molar-refractivity contribution in [1.29, 1.82) is 0 Å². The highest BCUT2D eigenvalue weighted by molar-refractivity contribution is 8.01. The van der Waals surface area contributed by atoms with Crippen LogP contribution in [0.2, 0.25) is 10.0 Å². The zero-order valence-corrected chi connectivity index (χ0v) is 19.5. The fourth-order valence-corrected chi connectivity index (χ4v) is 6.48. The van der Waals surface area contributed by atoms with E-state index in [-0.39, 0.29) is 22.7 Å². The summed E-state index contributed by atoms with van der Waals surface area (Å²) < 4.78 is 0. The maximum Gasteiger partial charge on any atom is 0.263 e. The van der Waals surface area contributed by atoms with Gasteiger partial charge >= 0.3 is 0 Å². The third-order valence-corrected chi connectivity index (χ3v) is 8.60. The first-order valence-electron chi connectivity index (χ1n) is 9.92. The summed E-state index contributed by atoms with van der Waals surface area (Å²) in [7, 11) is 0.